The number of nitrogens with zero attached hydrogens (tertiary/aromatic N) is 8. The van der Waals surface area contributed by atoms with Gasteiger partial charge in [-0.05, 0) is 6.07 Å². The summed E-state index contributed by atoms with van der Waals surface area (Å²) in [7, 11) is 0. The van der Waals surface area contributed by atoms with Crippen molar-refractivity contribution in [2.45, 2.75) is 0 Å². The van der Waals surface area contributed by atoms with Crippen LogP contribution in [0.25, 0.3) is 0 Å². The van der Waals surface area contributed by atoms with Crippen LogP contribution in [0.15, 0.2) is 24.7 Å². The summed E-state index contributed by atoms with van der Waals surface area (Å²) in [6, 6.07) is 1.83. The van der Waals surface area contributed by atoms with Crippen molar-refractivity contribution in [3.8, 4) is 0 Å². The van der Waals surface area contributed by atoms with E-state index in [4.69, 9.17) is 9.72 Å². The maximum absolute atomic E-state index is 5.39. The Bertz CT molecular complexity index is 656. The van der Waals surface area contributed by atoms with Crippen LogP contribution < -0.4 is 14.7 Å². The van der Waals surface area contributed by atoms with Gasteiger partial charge in [0.1, 0.15) is 0 Å². The molecule has 0 unspecified atom stereocenters. The Morgan fingerprint density at radius 1 is 0.792 bits per heavy atom. The summed E-state index contributed by atoms with van der Waals surface area (Å²) in [5.41, 5.74) is 0. The van der Waals surface area contributed by atoms with Gasteiger partial charge in [-0.25, -0.2) is 9.97 Å². The lowest BCUT2D eigenvalue weighted by Crippen LogP contribution is -2.48. The molecule has 4 rings (SSSR count). The third-order valence-corrected chi connectivity index (χ3v) is 4.27. The summed E-state index contributed by atoms with van der Waals surface area (Å²) in [6.45, 7) is 6.49. The van der Waals surface area contributed by atoms with Crippen LogP contribution in [0.2, 0.25) is 0 Å². The third kappa shape index (κ3) is 3.21. The van der Waals surface area contributed by atoms with Crippen LogP contribution in [0.1, 0.15) is 0 Å². The summed E-state index contributed by atoms with van der Waals surface area (Å²) in [6.07, 6.45) is 5.27. The van der Waals surface area contributed by atoms with Gasteiger partial charge in [0.15, 0.2) is 5.82 Å². The molecule has 0 saturated carbocycles. The Hall–Kier alpha value is -2.55. The highest BCUT2D eigenvalue weighted by atomic mass is 16.5. The van der Waals surface area contributed by atoms with E-state index < -0.39 is 0 Å². The van der Waals surface area contributed by atoms with Crippen molar-refractivity contribution < 1.29 is 4.74 Å². The molecule has 0 aliphatic carbocycles. The molecule has 2 aromatic heterocycles. The highest BCUT2D eigenvalue weighted by molar-refractivity contribution is 5.43. The zero-order valence-corrected chi connectivity index (χ0v) is 13.5. The summed E-state index contributed by atoms with van der Waals surface area (Å²) in [5, 5.41) is 8.35. The van der Waals surface area contributed by atoms with E-state index >= 15 is 0 Å². The Labute approximate surface area is 140 Å². The summed E-state index contributed by atoms with van der Waals surface area (Å²) >= 11 is 0. The van der Waals surface area contributed by atoms with E-state index in [1.165, 1.54) is 0 Å². The molecule has 0 atom stereocenters. The van der Waals surface area contributed by atoms with E-state index in [9.17, 15) is 0 Å². The van der Waals surface area contributed by atoms with Gasteiger partial charge < -0.3 is 19.4 Å². The molecule has 0 bridgehead atoms. The topological polar surface area (TPSA) is 83.4 Å². The average Bonchev–Trinajstić information content (AvgIpc) is 2.70. The molecule has 0 N–H and O–H groups in total. The molecule has 0 amide bonds. The lowest BCUT2D eigenvalue weighted by molar-refractivity contribution is 0.122. The Morgan fingerprint density at radius 3 is 2.17 bits per heavy atom. The minimum absolute atomic E-state index is 0.688. The predicted octanol–water partition coefficient (Wildman–Crippen LogP) is -0.175. The van der Waals surface area contributed by atoms with Crippen molar-refractivity contribution in [2.75, 3.05) is 67.2 Å². The number of morpholine rings is 1. The van der Waals surface area contributed by atoms with Gasteiger partial charge in [0, 0.05) is 51.7 Å². The fraction of sp³-hybridized carbons (Fsp3) is 0.533. The number of rotatable bonds is 3. The van der Waals surface area contributed by atoms with Crippen LogP contribution in [0.3, 0.4) is 0 Å². The maximum atomic E-state index is 5.39. The Balaban J connectivity index is 1.42. The van der Waals surface area contributed by atoms with Crippen molar-refractivity contribution in [3.63, 3.8) is 0 Å². The van der Waals surface area contributed by atoms with Crippen molar-refractivity contribution in [2.24, 2.45) is 0 Å². The van der Waals surface area contributed by atoms with Gasteiger partial charge >= 0.3 is 0 Å². The molecule has 24 heavy (non-hydrogen) atoms. The van der Waals surface area contributed by atoms with Gasteiger partial charge in [-0.1, -0.05) is 0 Å². The van der Waals surface area contributed by atoms with E-state index in [-0.39, 0.29) is 0 Å². The summed E-state index contributed by atoms with van der Waals surface area (Å²) < 4.78 is 5.39. The van der Waals surface area contributed by atoms with Crippen LogP contribution in [-0.2, 0) is 4.74 Å². The second kappa shape index (κ2) is 6.91. The molecule has 2 aliphatic heterocycles. The lowest BCUT2D eigenvalue weighted by atomic mass is 10.3. The third-order valence-electron chi connectivity index (χ3n) is 4.27. The van der Waals surface area contributed by atoms with Crippen molar-refractivity contribution in [3.05, 3.63) is 24.7 Å². The first-order chi connectivity index (χ1) is 11.9. The standard InChI is InChI=1S/C15H20N8O/c1-2-16-14(17-3-1)22-4-6-23(7-5-22)15-19-13(12-18-20-15)21-8-10-24-11-9-21/h1-3,12H,4-11H2. The SMILES string of the molecule is c1cnc(N2CCN(c3nncc(N4CCOCC4)n3)CC2)nc1. The number of hydrogen-bond acceptors (Lipinski definition) is 9. The molecule has 9 nitrogen and oxygen atoms in total. The maximum Gasteiger partial charge on any atom is 0.247 e. The Kier molecular flexibility index (Phi) is 4.32. The van der Waals surface area contributed by atoms with E-state index in [1.54, 1.807) is 18.6 Å². The van der Waals surface area contributed by atoms with Gasteiger partial charge in [-0.2, -0.15) is 10.1 Å². The zero-order chi connectivity index (χ0) is 16.2. The van der Waals surface area contributed by atoms with Crippen LogP contribution >= 0.6 is 0 Å². The highest BCUT2D eigenvalue weighted by Gasteiger charge is 2.22. The van der Waals surface area contributed by atoms with Crippen LogP contribution in [0.4, 0.5) is 17.7 Å². The van der Waals surface area contributed by atoms with Crippen molar-refractivity contribution in [1.82, 2.24) is 25.1 Å². The molecule has 4 heterocycles. The van der Waals surface area contributed by atoms with E-state index in [0.29, 0.717) is 5.95 Å². The summed E-state index contributed by atoms with van der Waals surface area (Å²) in [5.74, 6) is 2.34. The fourth-order valence-electron chi connectivity index (χ4n) is 2.93. The van der Waals surface area contributed by atoms with Crippen LogP contribution in [0.5, 0.6) is 0 Å². The fourth-order valence-corrected chi connectivity index (χ4v) is 2.93. The smallest absolute Gasteiger partial charge is 0.247 e. The normalized spacial score (nSPS) is 18.8. The lowest BCUT2D eigenvalue weighted by Gasteiger charge is -2.35. The molecule has 9 heteroatoms. The zero-order valence-electron chi connectivity index (χ0n) is 13.5. The number of ether oxygens (including phenoxy) is 1. The number of aromatic nitrogens is 5. The minimum Gasteiger partial charge on any atom is -0.378 e. The van der Waals surface area contributed by atoms with E-state index in [1.807, 2.05) is 6.07 Å². The number of anilines is 3. The molecule has 2 aromatic rings. The molecule has 0 spiro atoms. The van der Waals surface area contributed by atoms with Crippen LogP contribution in [-0.4, -0.2) is 77.6 Å². The molecule has 0 radical (unpaired) electrons. The van der Waals surface area contributed by atoms with Gasteiger partial charge in [0.05, 0.1) is 19.4 Å². The van der Waals surface area contributed by atoms with Crippen molar-refractivity contribution in [1.29, 1.82) is 0 Å². The van der Waals surface area contributed by atoms with Crippen molar-refractivity contribution >= 4 is 17.7 Å². The number of piperazine rings is 1. The second-order valence-electron chi connectivity index (χ2n) is 5.74. The minimum atomic E-state index is 0.688. The van der Waals surface area contributed by atoms with Gasteiger partial charge in [-0.3, -0.25) is 0 Å². The molecule has 2 fully saturated rings. The van der Waals surface area contributed by atoms with Gasteiger partial charge in [0.25, 0.3) is 0 Å². The first kappa shape index (κ1) is 15.0. The number of hydrogen-bond donors (Lipinski definition) is 0. The van der Waals surface area contributed by atoms with Gasteiger partial charge in [-0.15, -0.1) is 5.10 Å². The molecule has 126 valence electrons. The molecule has 2 saturated heterocycles. The second-order valence-corrected chi connectivity index (χ2v) is 5.74. The predicted molar refractivity (Wildman–Crippen MR) is 89.3 cm³/mol. The molecule has 2 aliphatic rings. The largest absolute Gasteiger partial charge is 0.378 e. The quantitative estimate of drug-likeness (QED) is 0.762. The van der Waals surface area contributed by atoms with E-state index in [0.717, 1.165) is 64.2 Å². The monoisotopic (exact) mass is 328 g/mol. The highest BCUT2D eigenvalue weighted by Crippen LogP contribution is 2.17. The first-order valence-electron chi connectivity index (χ1n) is 8.19. The van der Waals surface area contributed by atoms with E-state index in [2.05, 4.69) is 34.9 Å². The summed E-state index contributed by atoms with van der Waals surface area (Å²) in [4.78, 5) is 19.8. The molecular weight excluding hydrogens is 308 g/mol. The molecular formula is C15H20N8O. The van der Waals surface area contributed by atoms with Gasteiger partial charge in [0.2, 0.25) is 11.9 Å². The average molecular weight is 328 g/mol. The first-order valence-corrected chi connectivity index (χ1v) is 8.19. The molecule has 0 aromatic carbocycles. The van der Waals surface area contributed by atoms with Crippen LogP contribution in [0, 0.1) is 0 Å². The Morgan fingerprint density at radius 2 is 1.46 bits per heavy atom.